The molecule has 1 saturated carbocycles. The molecule has 0 aromatic carbocycles. The van der Waals surface area contributed by atoms with Gasteiger partial charge in [-0.05, 0) is 32.1 Å². The summed E-state index contributed by atoms with van der Waals surface area (Å²) in [6, 6.07) is 1.31. The third-order valence-electron chi connectivity index (χ3n) is 5.90. The average Bonchev–Trinajstić information content (AvgIpc) is 3.10. The average molecular weight is 396 g/mol. The molecule has 1 aliphatic heterocycles. The molecule has 2 aliphatic rings. The van der Waals surface area contributed by atoms with Gasteiger partial charge in [-0.1, -0.05) is 25.9 Å². The first-order valence-corrected chi connectivity index (χ1v) is 10.2. The fraction of sp³-hybridized carbons (Fsp3) is 0.762. The van der Waals surface area contributed by atoms with Crippen molar-refractivity contribution >= 4 is 11.7 Å². The van der Waals surface area contributed by atoms with Gasteiger partial charge in [-0.3, -0.25) is 9.59 Å². The highest BCUT2D eigenvalue weighted by molar-refractivity contribution is 5.91. The number of ketones is 1. The van der Waals surface area contributed by atoms with Crippen LogP contribution in [0.1, 0.15) is 77.2 Å². The third kappa shape index (κ3) is 4.78. The monoisotopic (exact) mass is 396 g/mol. The van der Waals surface area contributed by atoms with Crippen LogP contribution < -0.4 is 0 Å². The van der Waals surface area contributed by atoms with Crippen molar-refractivity contribution in [1.82, 2.24) is 10.1 Å². The number of hydrogen-bond acceptors (Lipinski definition) is 4. The number of halogens is 2. The van der Waals surface area contributed by atoms with Gasteiger partial charge in [0.2, 0.25) is 11.8 Å². The molecule has 3 rings (SSSR count). The summed E-state index contributed by atoms with van der Waals surface area (Å²) in [5.41, 5.74) is 0.621. The van der Waals surface area contributed by atoms with Crippen LogP contribution in [-0.2, 0) is 21.4 Å². The number of carbonyl (C=O) groups excluding carboxylic acids is 2. The molecule has 1 amide bonds. The smallest absolute Gasteiger partial charge is 0.248 e. The Morgan fingerprint density at radius 3 is 2.50 bits per heavy atom. The largest absolute Gasteiger partial charge is 0.361 e. The lowest BCUT2D eigenvalue weighted by Crippen LogP contribution is -2.51. The molecule has 5 nitrogen and oxygen atoms in total. The van der Waals surface area contributed by atoms with Gasteiger partial charge in [0.15, 0.2) is 5.78 Å². The molecule has 0 bridgehead atoms. The van der Waals surface area contributed by atoms with E-state index in [1.807, 2.05) is 20.8 Å². The number of likely N-dealkylation sites (tertiary alicyclic amines) is 1. The second kappa shape index (κ2) is 7.91. The van der Waals surface area contributed by atoms with Crippen LogP contribution in [0.25, 0.3) is 0 Å². The van der Waals surface area contributed by atoms with Crippen LogP contribution in [0.2, 0.25) is 0 Å². The van der Waals surface area contributed by atoms with Gasteiger partial charge >= 0.3 is 0 Å². The molecule has 0 spiro atoms. The van der Waals surface area contributed by atoms with Gasteiger partial charge < -0.3 is 9.42 Å². The standard InChI is InChI=1S/C21H30F2N2O3/c1-20(2,3)18-13-15(28-24-18)12-17(26)16-6-4-5-11-25(16)19(27)14-7-9-21(22,23)10-8-14/h13-14,16H,4-12H2,1-3H3/t16-/m0/s1. The van der Waals surface area contributed by atoms with Gasteiger partial charge in [0.25, 0.3) is 0 Å². The first-order valence-electron chi connectivity index (χ1n) is 10.2. The number of piperidine rings is 1. The second-order valence-corrected chi connectivity index (χ2v) is 9.24. The predicted molar refractivity (Wildman–Crippen MR) is 100 cm³/mol. The van der Waals surface area contributed by atoms with Gasteiger partial charge in [0.05, 0.1) is 18.2 Å². The Balaban J connectivity index is 1.66. The molecule has 7 heteroatoms. The summed E-state index contributed by atoms with van der Waals surface area (Å²) >= 11 is 0. The Morgan fingerprint density at radius 1 is 1.21 bits per heavy atom. The highest BCUT2D eigenvalue weighted by Gasteiger charge is 2.41. The number of hydrogen-bond donors (Lipinski definition) is 0. The van der Waals surface area contributed by atoms with E-state index in [-0.39, 0.29) is 49.2 Å². The fourth-order valence-electron chi connectivity index (χ4n) is 4.09. The maximum Gasteiger partial charge on any atom is 0.248 e. The van der Waals surface area contributed by atoms with Gasteiger partial charge in [-0.15, -0.1) is 0 Å². The Bertz CT molecular complexity index is 713. The molecule has 0 unspecified atom stereocenters. The van der Waals surface area contributed by atoms with E-state index in [4.69, 9.17) is 4.52 Å². The van der Waals surface area contributed by atoms with E-state index < -0.39 is 17.9 Å². The topological polar surface area (TPSA) is 63.4 Å². The number of aromatic nitrogens is 1. The summed E-state index contributed by atoms with van der Waals surface area (Å²) in [6.45, 7) is 6.58. The van der Waals surface area contributed by atoms with Crippen molar-refractivity contribution < 1.29 is 22.9 Å². The van der Waals surface area contributed by atoms with E-state index in [9.17, 15) is 18.4 Å². The molecule has 0 N–H and O–H groups in total. The minimum atomic E-state index is -2.66. The number of nitrogens with zero attached hydrogens (tertiary/aromatic N) is 2. The van der Waals surface area contributed by atoms with Crippen LogP contribution in [0.4, 0.5) is 8.78 Å². The number of rotatable bonds is 4. The first kappa shape index (κ1) is 20.9. The van der Waals surface area contributed by atoms with Crippen molar-refractivity contribution in [3.05, 3.63) is 17.5 Å². The molecule has 1 aliphatic carbocycles. The van der Waals surface area contributed by atoms with Crippen molar-refractivity contribution in [1.29, 1.82) is 0 Å². The Kier molecular flexibility index (Phi) is 5.92. The minimum Gasteiger partial charge on any atom is -0.361 e. The maximum absolute atomic E-state index is 13.4. The van der Waals surface area contributed by atoms with Gasteiger partial charge in [-0.25, -0.2) is 8.78 Å². The van der Waals surface area contributed by atoms with E-state index in [0.29, 0.717) is 18.7 Å². The highest BCUT2D eigenvalue weighted by atomic mass is 19.3. The van der Waals surface area contributed by atoms with Crippen molar-refractivity contribution in [2.24, 2.45) is 5.92 Å². The van der Waals surface area contributed by atoms with Gasteiger partial charge in [0, 0.05) is 36.8 Å². The lowest BCUT2D eigenvalue weighted by molar-refractivity contribution is -0.147. The number of Topliss-reactive ketones (excluding diaryl/α,β-unsaturated/α-hetero) is 1. The molecule has 1 aromatic heterocycles. The van der Waals surface area contributed by atoms with Crippen molar-refractivity contribution in [3.63, 3.8) is 0 Å². The van der Waals surface area contributed by atoms with Gasteiger partial charge in [0.1, 0.15) is 5.76 Å². The minimum absolute atomic E-state index is 0.0641. The Hall–Kier alpha value is -1.79. The third-order valence-corrected chi connectivity index (χ3v) is 5.90. The summed E-state index contributed by atoms with van der Waals surface area (Å²) in [6.07, 6.45) is 2.34. The predicted octanol–water partition coefficient (Wildman–Crippen LogP) is 4.29. The number of carbonyl (C=O) groups is 2. The molecule has 1 saturated heterocycles. The van der Waals surface area contributed by atoms with Crippen LogP contribution in [0.5, 0.6) is 0 Å². The van der Waals surface area contributed by atoms with Crippen molar-refractivity contribution in [2.75, 3.05) is 6.54 Å². The van der Waals surface area contributed by atoms with Crippen molar-refractivity contribution in [3.8, 4) is 0 Å². The van der Waals surface area contributed by atoms with E-state index in [0.717, 1.165) is 18.5 Å². The summed E-state index contributed by atoms with van der Waals surface area (Å²) in [7, 11) is 0. The zero-order chi connectivity index (χ0) is 20.5. The molecule has 0 radical (unpaired) electrons. The molecule has 156 valence electrons. The van der Waals surface area contributed by atoms with Crippen LogP contribution in [0.15, 0.2) is 10.6 Å². The molecule has 28 heavy (non-hydrogen) atoms. The molecule has 2 heterocycles. The summed E-state index contributed by atoms with van der Waals surface area (Å²) < 4.78 is 32.2. The van der Waals surface area contributed by atoms with E-state index >= 15 is 0 Å². The quantitative estimate of drug-likeness (QED) is 0.762. The first-order chi connectivity index (χ1) is 13.1. The SMILES string of the molecule is CC(C)(C)c1cc(CC(=O)[C@@H]2CCCCN2C(=O)C2CCC(F)(F)CC2)on1. The van der Waals surface area contributed by atoms with Crippen LogP contribution in [0.3, 0.4) is 0 Å². The maximum atomic E-state index is 13.4. The highest BCUT2D eigenvalue weighted by Crippen LogP contribution is 2.37. The molecule has 1 aromatic rings. The van der Waals surface area contributed by atoms with Crippen molar-refractivity contribution in [2.45, 2.75) is 89.5 Å². The van der Waals surface area contributed by atoms with E-state index in [2.05, 4.69) is 5.16 Å². The molecule has 1 atom stereocenters. The van der Waals surface area contributed by atoms with Crippen LogP contribution >= 0.6 is 0 Å². The zero-order valence-electron chi connectivity index (χ0n) is 17.0. The van der Waals surface area contributed by atoms with Crippen LogP contribution in [0, 0.1) is 5.92 Å². The normalized spacial score (nSPS) is 23.6. The summed E-state index contributed by atoms with van der Waals surface area (Å²) in [5.74, 6) is -2.76. The van der Waals surface area contributed by atoms with Crippen LogP contribution in [-0.4, -0.2) is 40.3 Å². The Morgan fingerprint density at radius 2 is 1.89 bits per heavy atom. The summed E-state index contributed by atoms with van der Waals surface area (Å²) in [4.78, 5) is 27.5. The fourth-order valence-corrected chi connectivity index (χ4v) is 4.09. The zero-order valence-corrected chi connectivity index (χ0v) is 17.0. The second-order valence-electron chi connectivity index (χ2n) is 9.24. The lowest BCUT2D eigenvalue weighted by atomic mass is 9.84. The van der Waals surface area contributed by atoms with Gasteiger partial charge in [-0.2, -0.15) is 0 Å². The Labute approximate surface area is 164 Å². The number of alkyl halides is 2. The summed E-state index contributed by atoms with van der Waals surface area (Å²) in [5, 5.41) is 4.05. The van der Waals surface area contributed by atoms with E-state index in [1.54, 1.807) is 11.0 Å². The lowest BCUT2D eigenvalue weighted by Gasteiger charge is -2.38. The number of amides is 1. The molecular weight excluding hydrogens is 366 g/mol. The molecule has 2 fully saturated rings. The molecular formula is C21H30F2N2O3. The van der Waals surface area contributed by atoms with E-state index in [1.165, 1.54) is 0 Å².